The molecule has 2 heteroatoms. The molecule has 102 valence electrons. The molecular formula is C17H22O2. The predicted molar refractivity (Wildman–Crippen MR) is 78.6 cm³/mol. The highest BCUT2D eigenvalue weighted by atomic mass is 16.3. The van der Waals surface area contributed by atoms with Crippen molar-refractivity contribution >= 4 is 16.8 Å². The number of hydrogen-bond donors (Lipinski definition) is 0. The highest BCUT2D eigenvalue weighted by Crippen LogP contribution is 2.26. The van der Waals surface area contributed by atoms with Crippen LogP contribution in [-0.4, -0.2) is 5.78 Å². The zero-order chi connectivity index (χ0) is 13.8. The smallest absolute Gasteiger partial charge is 0.201 e. The van der Waals surface area contributed by atoms with Crippen molar-refractivity contribution in [3.8, 4) is 0 Å². The van der Waals surface area contributed by atoms with Crippen LogP contribution in [0.3, 0.4) is 0 Å². The minimum atomic E-state index is 0.107. The lowest BCUT2D eigenvalue weighted by molar-refractivity contribution is 0.0878. The summed E-state index contributed by atoms with van der Waals surface area (Å²) >= 11 is 0. The zero-order valence-corrected chi connectivity index (χ0v) is 12.0. The Labute approximate surface area is 114 Å². The lowest BCUT2D eigenvalue weighted by Crippen LogP contribution is -2.13. The molecule has 0 atom stereocenters. The minimum Gasteiger partial charge on any atom is -0.453 e. The summed E-state index contributed by atoms with van der Waals surface area (Å²) in [4.78, 5) is 12.5. The Morgan fingerprint density at radius 1 is 1.21 bits per heavy atom. The summed E-state index contributed by atoms with van der Waals surface area (Å²) in [6, 6.07) is 7.90. The molecule has 2 rings (SSSR count). The van der Waals surface area contributed by atoms with Gasteiger partial charge in [-0.05, 0) is 31.4 Å². The Morgan fingerprint density at radius 3 is 2.47 bits per heavy atom. The number of ketones is 1. The van der Waals surface area contributed by atoms with Crippen LogP contribution in [0.15, 0.2) is 28.7 Å². The van der Waals surface area contributed by atoms with Gasteiger partial charge in [0.05, 0.1) is 0 Å². The summed E-state index contributed by atoms with van der Waals surface area (Å²) in [6.07, 6.45) is 3.97. The normalized spacial score (nSPS) is 11.4. The van der Waals surface area contributed by atoms with E-state index in [2.05, 4.69) is 13.8 Å². The van der Waals surface area contributed by atoms with Crippen LogP contribution in [0.5, 0.6) is 0 Å². The molecule has 0 aliphatic carbocycles. The van der Waals surface area contributed by atoms with Gasteiger partial charge >= 0.3 is 0 Å². The van der Waals surface area contributed by atoms with Crippen LogP contribution in [0.1, 0.15) is 55.6 Å². The van der Waals surface area contributed by atoms with E-state index in [-0.39, 0.29) is 11.7 Å². The van der Waals surface area contributed by atoms with Crippen molar-refractivity contribution in [2.24, 2.45) is 5.92 Å². The average molecular weight is 258 g/mol. The number of aryl methyl sites for hydroxylation is 1. The highest BCUT2D eigenvalue weighted by molar-refractivity contribution is 5.99. The second kappa shape index (κ2) is 6.05. The van der Waals surface area contributed by atoms with Gasteiger partial charge in [0.25, 0.3) is 0 Å². The quantitative estimate of drug-likeness (QED) is 0.671. The number of fused-ring (bicyclic) bond motifs is 1. The van der Waals surface area contributed by atoms with E-state index in [0.717, 1.165) is 42.2 Å². The van der Waals surface area contributed by atoms with Crippen LogP contribution in [0.25, 0.3) is 11.0 Å². The Bertz CT molecular complexity index is 560. The van der Waals surface area contributed by atoms with Gasteiger partial charge in [-0.2, -0.15) is 0 Å². The molecule has 0 fully saturated rings. The molecule has 0 aliphatic heterocycles. The fraction of sp³-hybridized carbons (Fsp3) is 0.471. The number of benzene rings is 1. The first-order valence-corrected chi connectivity index (χ1v) is 7.20. The van der Waals surface area contributed by atoms with Crippen LogP contribution in [0, 0.1) is 12.8 Å². The summed E-state index contributed by atoms with van der Waals surface area (Å²) in [6.45, 7) is 6.26. The Kier molecular flexibility index (Phi) is 4.41. The van der Waals surface area contributed by atoms with E-state index in [0.29, 0.717) is 5.76 Å². The van der Waals surface area contributed by atoms with E-state index in [4.69, 9.17) is 4.42 Å². The lowest BCUT2D eigenvalue weighted by atomic mass is 9.92. The standard InChI is InChI=1S/C17H22O2/c1-4-7-13(8-5-2)16(18)15-11-14-10-6-9-12(3)17(14)19-15/h6,9-11,13H,4-5,7-8H2,1-3H3. The third-order valence-electron chi connectivity index (χ3n) is 3.63. The fourth-order valence-electron chi connectivity index (χ4n) is 2.63. The van der Waals surface area contributed by atoms with Crippen molar-refractivity contribution in [2.75, 3.05) is 0 Å². The van der Waals surface area contributed by atoms with E-state index >= 15 is 0 Å². The van der Waals surface area contributed by atoms with Gasteiger partial charge in [-0.15, -0.1) is 0 Å². The summed E-state index contributed by atoms with van der Waals surface area (Å²) in [5.74, 6) is 0.798. The van der Waals surface area contributed by atoms with Crippen LogP contribution in [0.2, 0.25) is 0 Å². The molecule has 19 heavy (non-hydrogen) atoms. The first kappa shape index (κ1) is 13.9. The molecule has 1 heterocycles. The molecule has 0 bridgehead atoms. The maximum Gasteiger partial charge on any atom is 0.201 e. The van der Waals surface area contributed by atoms with Gasteiger partial charge in [0.15, 0.2) is 5.76 Å². The zero-order valence-electron chi connectivity index (χ0n) is 12.0. The number of carbonyl (C=O) groups is 1. The van der Waals surface area contributed by atoms with Gasteiger partial charge in [0, 0.05) is 11.3 Å². The average Bonchev–Trinajstić information content (AvgIpc) is 2.83. The van der Waals surface area contributed by atoms with Gasteiger partial charge in [-0.25, -0.2) is 0 Å². The monoisotopic (exact) mass is 258 g/mol. The lowest BCUT2D eigenvalue weighted by Gasteiger charge is -2.11. The maximum absolute atomic E-state index is 12.5. The van der Waals surface area contributed by atoms with E-state index in [9.17, 15) is 4.79 Å². The second-order valence-electron chi connectivity index (χ2n) is 5.24. The van der Waals surface area contributed by atoms with Gasteiger partial charge in [-0.3, -0.25) is 4.79 Å². The van der Waals surface area contributed by atoms with E-state index in [1.165, 1.54) is 0 Å². The molecular weight excluding hydrogens is 236 g/mol. The molecule has 0 radical (unpaired) electrons. The molecule has 2 nitrogen and oxygen atoms in total. The minimum absolute atomic E-state index is 0.107. The first-order valence-electron chi connectivity index (χ1n) is 7.20. The van der Waals surface area contributed by atoms with E-state index in [1.807, 2.05) is 31.2 Å². The molecule has 1 aromatic heterocycles. The Hall–Kier alpha value is -1.57. The SMILES string of the molecule is CCCC(CCC)C(=O)c1cc2cccc(C)c2o1. The van der Waals surface area contributed by atoms with E-state index < -0.39 is 0 Å². The first-order chi connectivity index (χ1) is 9.17. The van der Waals surface area contributed by atoms with Crippen LogP contribution >= 0.6 is 0 Å². The third-order valence-corrected chi connectivity index (χ3v) is 3.63. The van der Waals surface area contributed by atoms with Crippen molar-refractivity contribution < 1.29 is 9.21 Å². The van der Waals surface area contributed by atoms with Crippen molar-refractivity contribution in [3.05, 3.63) is 35.6 Å². The topological polar surface area (TPSA) is 30.2 Å². The van der Waals surface area contributed by atoms with Crippen molar-refractivity contribution in [3.63, 3.8) is 0 Å². The predicted octanol–water partition coefficient (Wildman–Crippen LogP) is 5.14. The third kappa shape index (κ3) is 2.89. The number of rotatable bonds is 6. The number of carbonyl (C=O) groups excluding carboxylic acids is 1. The van der Waals surface area contributed by atoms with Crippen molar-refractivity contribution in [1.29, 1.82) is 0 Å². The Morgan fingerprint density at radius 2 is 1.89 bits per heavy atom. The molecule has 1 aromatic carbocycles. The van der Waals surface area contributed by atoms with Crippen molar-refractivity contribution in [1.82, 2.24) is 0 Å². The van der Waals surface area contributed by atoms with Crippen LogP contribution < -0.4 is 0 Å². The molecule has 0 saturated carbocycles. The summed E-state index contributed by atoms with van der Waals surface area (Å²) in [7, 11) is 0. The molecule has 0 amide bonds. The number of para-hydroxylation sites is 1. The Balaban J connectivity index is 2.32. The molecule has 0 aliphatic rings. The second-order valence-corrected chi connectivity index (χ2v) is 5.24. The van der Waals surface area contributed by atoms with Gasteiger partial charge in [-0.1, -0.05) is 44.9 Å². The number of hydrogen-bond acceptors (Lipinski definition) is 2. The van der Waals surface area contributed by atoms with Crippen LogP contribution in [0.4, 0.5) is 0 Å². The number of furan rings is 1. The molecule has 0 N–H and O–H groups in total. The maximum atomic E-state index is 12.5. The molecule has 2 aromatic rings. The summed E-state index contributed by atoms with van der Waals surface area (Å²) in [5.41, 5.74) is 1.93. The molecule has 0 spiro atoms. The largest absolute Gasteiger partial charge is 0.453 e. The highest BCUT2D eigenvalue weighted by Gasteiger charge is 2.22. The van der Waals surface area contributed by atoms with Crippen molar-refractivity contribution in [2.45, 2.75) is 46.5 Å². The van der Waals surface area contributed by atoms with Gasteiger partial charge in [0.2, 0.25) is 5.78 Å². The fourth-order valence-corrected chi connectivity index (χ4v) is 2.63. The van der Waals surface area contributed by atoms with Crippen LogP contribution in [-0.2, 0) is 0 Å². The molecule has 0 saturated heterocycles. The summed E-state index contributed by atoms with van der Waals surface area (Å²) < 4.78 is 5.78. The van der Waals surface area contributed by atoms with Gasteiger partial charge in [0.1, 0.15) is 5.58 Å². The summed E-state index contributed by atoms with van der Waals surface area (Å²) in [5, 5.41) is 1.02. The van der Waals surface area contributed by atoms with Gasteiger partial charge < -0.3 is 4.42 Å². The number of Topliss-reactive ketones (excluding diaryl/α,β-unsaturated/α-hetero) is 1. The van der Waals surface area contributed by atoms with E-state index in [1.54, 1.807) is 0 Å². The molecule has 0 unspecified atom stereocenters.